The highest BCUT2D eigenvalue weighted by Crippen LogP contribution is 2.57. The molecule has 6 saturated heterocycles. The van der Waals surface area contributed by atoms with E-state index in [9.17, 15) is 48.9 Å². The Kier molecular flexibility index (Phi) is 27.9. The fraction of sp³-hybridized carbons (Fsp3) is 0.512. The predicted molar refractivity (Wildman–Crippen MR) is 444 cm³/mol. The van der Waals surface area contributed by atoms with Crippen LogP contribution in [0.3, 0.4) is 0 Å². The van der Waals surface area contributed by atoms with Gasteiger partial charge in [0, 0.05) is 173 Å². The summed E-state index contributed by atoms with van der Waals surface area (Å²) in [6.07, 6.45) is 11.3. The molecule has 2 saturated carbocycles. The van der Waals surface area contributed by atoms with Gasteiger partial charge in [-0.05, 0) is 123 Å². The summed E-state index contributed by atoms with van der Waals surface area (Å²) in [5.41, 5.74) is 8.45. The average molecular weight is 1640 g/mol. The molecule has 14 rings (SSSR count). The number of carbonyl (C=O) groups excluding carboxylic acids is 7. The Labute approximate surface area is 694 Å². The van der Waals surface area contributed by atoms with Crippen molar-refractivity contribution < 1.29 is 62.4 Å². The summed E-state index contributed by atoms with van der Waals surface area (Å²) in [5, 5.41) is 41.3. The summed E-state index contributed by atoms with van der Waals surface area (Å²) >= 11 is 0. The van der Waals surface area contributed by atoms with Gasteiger partial charge in [-0.1, -0.05) is 55.4 Å². The van der Waals surface area contributed by atoms with E-state index in [1.165, 1.54) is 26.6 Å². The molecule has 7 amide bonds. The lowest BCUT2D eigenvalue weighted by atomic mass is 9.49. The van der Waals surface area contributed by atoms with Crippen molar-refractivity contribution in [2.45, 2.75) is 143 Å². The number of nitrogens with one attached hydrogen (secondary N) is 5. The number of aromatic carboxylic acids is 1. The average Bonchev–Trinajstić information content (AvgIpc) is 0.711. The number of carboxylic acid groups (broad SMARTS) is 1. The Morgan fingerprint density at radius 2 is 0.881 bits per heavy atom. The van der Waals surface area contributed by atoms with Crippen LogP contribution < -0.4 is 70.9 Å². The monoisotopic (exact) mass is 1640 g/mol. The van der Waals surface area contributed by atoms with Gasteiger partial charge in [0.15, 0.2) is 5.69 Å². The normalized spacial score (nSPS) is 22.8. The van der Waals surface area contributed by atoms with Gasteiger partial charge >= 0.3 is 5.97 Å². The van der Waals surface area contributed by atoms with Crippen LogP contribution in [-0.2, 0) is 19.2 Å². The molecular weight excluding hydrogens is 1530 g/mol. The van der Waals surface area contributed by atoms with E-state index in [4.69, 9.17) is 29.8 Å². The van der Waals surface area contributed by atoms with Gasteiger partial charge in [-0.2, -0.15) is 10.5 Å². The number of amides is 7. The summed E-state index contributed by atoms with van der Waals surface area (Å²) in [5.74, 6) is 1.72. The molecule has 118 heavy (non-hydrogen) atoms. The summed E-state index contributed by atoms with van der Waals surface area (Å²) in [6, 6.07) is 29.2. The van der Waals surface area contributed by atoms with Crippen LogP contribution in [0.2, 0.25) is 0 Å². The Morgan fingerprint density at radius 1 is 0.492 bits per heavy atom. The molecule has 2 atom stereocenters. The number of imide groups is 2. The van der Waals surface area contributed by atoms with E-state index in [1.807, 2.05) is 24.3 Å². The molecule has 8 aliphatic rings. The number of piperidine rings is 4. The van der Waals surface area contributed by atoms with Crippen molar-refractivity contribution in [1.29, 1.82) is 10.5 Å². The van der Waals surface area contributed by atoms with Gasteiger partial charge < -0.3 is 65.3 Å². The van der Waals surface area contributed by atoms with Crippen molar-refractivity contribution in [2.75, 3.05) is 125 Å². The van der Waals surface area contributed by atoms with Crippen molar-refractivity contribution in [1.82, 2.24) is 56.3 Å². The van der Waals surface area contributed by atoms with E-state index in [1.54, 1.807) is 48.8 Å². The Hall–Kier alpha value is -11.3. The first-order valence-electron chi connectivity index (χ1n) is 40.2. The Morgan fingerprint density at radius 3 is 1.23 bits per heavy atom. The predicted octanol–water partition coefficient (Wildman–Crippen LogP) is 7.42. The second-order valence-corrected chi connectivity index (χ2v) is 33.9. The second kappa shape index (κ2) is 37.6. The van der Waals surface area contributed by atoms with E-state index >= 15 is 0 Å². The Balaban J connectivity index is 0.000000209. The maximum atomic E-state index is 13.5. The van der Waals surface area contributed by atoms with Crippen LogP contribution in [-0.4, -0.2) is 224 Å². The summed E-state index contributed by atoms with van der Waals surface area (Å²) in [4.78, 5) is 126. The summed E-state index contributed by atoms with van der Waals surface area (Å²) in [7, 11) is 3.07. The summed E-state index contributed by atoms with van der Waals surface area (Å²) in [6.45, 7) is 29.9. The van der Waals surface area contributed by atoms with Crippen molar-refractivity contribution in [3.8, 4) is 35.1 Å². The smallest absolute Gasteiger partial charge is 0.356 e. The number of ether oxygens (including phenoxy) is 4. The van der Waals surface area contributed by atoms with E-state index in [0.29, 0.717) is 75.7 Å². The lowest BCUT2D eigenvalue weighted by Gasteiger charge is -2.63. The third-order valence-electron chi connectivity index (χ3n) is 24.5. The first-order chi connectivity index (χ1) is 55.9. The third kappa shape index (κ3) is 20.1. The number of rotatable bonds is 21. The minimum absolute atomic E-state index is 0. The lowest BCUT2D eigenvalue weighted by Crippen LogP contribution is -2.74. The number of nitriles is 2. The van der Waals surface area contributed by atoms with E-state index in [-0.39, 0.29) is 112 Å². The molecule has 0 bridgehead atoms. The molecule has 0 unspecified atom stereocenters. The molecule has 32 heteroatoms. The highest BCUT2D eigenvalue weighted by molar-refractivity contribution is 6.03. The number of halogens is 1. The fourth-order valence-electron chi connectivity index (χ4n) is 18.4. The molecule has 628 valence electrons. The zero-order valence-electron chi connectivity index (χ0n) is 68.8. The van der Waals surface area contributed by atoms with Crippen LogP contribution in [0.5, 0.6) is 23.0 Å². The largest absolute Gasteiger partial charge is 0.495 e. The number of nitrogens with two attached hydrogens (primary N) is 1. The minimum atomic E-state index is -1.07. The molecule has 31 nitrogen and oxygen atoms in total. The minimum Gasteiger partial charge on any atom is -0.495 e. The molecule has 8 fully saturated rings. The number of methoxy groups -OCH3 is 2. The fourth-order valence-corrected chi connectivity index (χ4v) is 18.4. The highest BCUT2D eigenvalue weighted by Gasteiger charge is 2.65. The van der Waals surface area contributed by atoms with Crippen molar-refractivity contribution >= 4 is 82.7 Å². The van der Waals surface area contributed by atoms with Crippen LogP contribution in [0, 0.1) is 56.2 Å². The quantitative estimate of drug-likeness (QED) is 0.0344. The van der Waals surface area contributed by atoms with Gasteiger partial charge in [-0.15, -0.1) is 12.4 Å². The molecular formula is C86H109ClN18O13. The van der Waals surface area contributed by atoms with Crippen LogP contribution in [0.25, 0.3) is 0 Å². The van der Waals surface area contributed by atoms with Gasteiger partial charge in [0.05, 0.1) is 56.2 Å². The highest BCUT2D eigenvalue weighted by atomic mass is 35.5. The van der Waals surface area contributed by atoms with Crippen molar-refractivity contribution in [3.05, 3.63) is 143 Å². The molecule has 0 spiro atoms. The zero-order chi connectivity index (χ0) is 83.7. The number of anilines is 4. The van der Waals surface area contributed by atoms with Crippen LogP contribution in [0.15, 0.2) is 110 Å². The number of carbonyl (C=O) groups is 8. The Bertz CT molecular complexity index is 4650. The molecule has 6 aliphatic heterocycles. The van der Waals surface area contributed by atoms with Crippen molar-refractivity contribution in [3.63, 3.8) is 0 Å². The maximum Gasteiger partial charge on any atom is 0.356 e. The number of carboxylic acids is 1. The van der Waals surface area contributed by atoms with Gasteiger partial charge in [0.2, 0.25) is 23.6 Å². The molecule has 0 radical (unpaired) electrons. The molecule has 2 aromatic heterocycles. The topological polar surface area (TPSA) is 398 Å². The number of piperazine rings is 2. The number of benzene rings is 4. The van der Waals surface area contributed by atoms with E-state index in [2.05, 4.69) is 168 Å². The van der Waals surface area contributed by atoms with Crippen LogP contribution in [0.1, 0.15) is 160 Å². The van der Waals surface area contributed by atoms with E-state index in [0.717, 1.165) is 135 Å². The van der Waals surface area contributed by atoms with Gasteiger partial charge in [0.25, 0.3) is 17.7 Å². The maximum absolute atomic E-state index is 13.5. The van der Waals surface area contributed by atoms with Crippen LogP contribution in [0.4, 0.5) is 23.0 Å². The van der Waals surface area contributed by atoms with Crippen molar-refractivity contribution in [2.24, 2.45) is 39.2 Å². The third-order valence-corrected chi connectivity index (χ3v) is 24.5. The first-order valence-corrected chi connectivity index (χ1v) is 40.2. The van der Waals surface area contributed by atoms with Gasteiger partial charge in [0.1, 0.15) is 70.7 Å². The van der Waals surface area contributed by atoms with Gasteiger partial charge in [-0.25, -0.2) is 24.7 Å². The van der Waals surface area contributed by atoms with E-state index < -0.39 is 29.9 Å². The van der Waals surface area contributed by atoms with Crippen LogP contribution >= 0.6 is 12.4 Å². The number of aromatic nitrogens is 4. The first kappa shape index (κ1) is 87.6. The number of hydrogen-bond donors (Lipinski definition) is 7. The standard InChI is InChI=1S/C43H53N9O6.C38H47N7O5.C5H8N2O2.ClH/c1-42(2)40(43(3,4)41(42)58-31-11-8-29(23-44)34(22-31)57-5)49-37(54)28-6-9-30(10-7-28)51-16-14-27(15-17-51)26-50-18-20-52(21-19-50)35-25-45-33(24-46-35)39(56)47-32-12-13-36(53)48-38(32)55;1-37(2)35(38(3,4)36(37)50-29-11-8-27(21-39)31(20-29)49-5)42-33(46)26-6-9-28(10-7-26)44-14-12-25(13-15-44)24-43-16-18-45(19-17-43)32-23-40-30(22-41-32)34(47)48;6-3-1-2-4(8)7-5(3)9;/h6-11,22,24-25,27,32,40-41H,12-21,26H2,1-5H3,(H,47,56)(H,49,54)(H,48,53,55);6-11,20,22-23,25,35-36H,12-19,24H2,1-5H3,(H,42,46)(H,47,48);3H,1-2,6H2,(H,7,8,9);1H/t32-,40?,41?;;3-;/m0.0./s1. The molecule has 4 aromatic carbocycles. The zero-order valence-corrected chi connectivity index (χ0v) is 69.6. The molecule has 2 aliphatic carbocycles. The second-order valence-electron chi connectivity index (χ2n) is 33.9. The molecule has 8 N–H and O–H groups in total. The van der Waals surface area contributed by atoms with Gasteiger partial charge in [-0.3, -0.25) is 54.0 Å². The number of hydrogen-bond acceptors (Lipinski definition) is 25. The molecule has 8 heterocycles. The summed E-state index contributed by atoms with van der Waals surface area (Å²) < 4.78 is 23.6. The lowest BCUT2D eigenvalue weighted by molar-refractivity contribution is -0.164. The molecule has 6 aromatic rings. The SMILES string of the molecule is COc1cc(OC2C(C)(C)C(NC(=O)c3ccc(N4CCC(CN5CCN(c6cnc(C(=O)N[C@H]7CCC(=O)NC7=O)cn6)CC5)CC4)cc3)C2(C)C)ccc1C#N.COc1cc(OC2C(C)(C)C(NC(=O)c3ccc(N4CCC(CN5CCN(c6cnc(C(=O)O)cn6)CC5)CC4)cc3)C2(C)C)ccc1C#N.Cl.N[C@H]1CCC(=O)NC1=O. The number of nitrogens with zero attached hydrogens (tertiary/aromatic N) is 12.